The van der Waals surface area contributed by atoms with E-state index in [0.29, 0.717) is 0 Å². The Morgan fingerprint density at radius 1 is 0.778 bits per heavy atom. The molecule has 0 radical (unpaired) electrons. The van der Waals surface area contributed by atoms with Crippen molar-refractivity contribution in [2.75, 3.05) is 6.16 Å². The summed E-state index contributed by atoms with van der Waals surface area (Å²) in [4.78, 5) is 7.21. The predicted octanol–water partition coefficient (Wildman–Crippen LogP) is 7.75. The molecule has 36 heavy (non-hydrogen) atoms. The quantitative estimate of drug-likeness (QED) is 0.249. The smallest absolute Gasteiger partial charge is 0.0892 e. The molecule has 4 aromatic rings. The first kappa shape index (κ1) is 23.0. The highest BCUT2D eigenvalue weighted by Crippen LogP contribution is 2.65. The average Bonchev–Trinajstić information content (AvgIpc) is 3.64. The monoisotopic (exact) mass is 510 g/mol. The van der Waals surface area contributed by atoms with Gasteiger partial charge < -0.3 is 9.97 Å². The van der Waals surface area contributed by atoms with Gasteiger partial charge in [0.25, 0.3) is 0 Å². The molecule has 2 aromatic heterocycles. The summed E-state index contributed by atoms with van der Waals surface area (Å²) in [6.45, 7) is 0. The molecule has 4 saturated carbocycles. The van der Waals surface area contributed by atoms with E-state index in [9.17, 15) is 0 Å². The van der Waals surface area contributed by atoms with Crippen LogP contribution in [0.2, 0.25) is 0 Å². The zero-order valence-corrected chi connectivity index (χ0v) is 23.1. The van der Waals surface area contributed by atoms with Crippen LogP contribution in [0.3, 0.4) is 0 Å². The van der Waals surface area contributed by atoms with E-state index in [4.69, 9.17) is 0 Å². The van der Waals surface area contributed by atoms with E-state index >= 15 is 0 Å². The van der Waals surface area contributed by atoms with Crippen molar-refractivity contribution >= 4 is 18.5 Å². The molecule has 0 aliphatic heterocycles. The van der Waals surface area contributed by atoms with Crippen LogP contribution in [-0.2, 0) is 10.6 Å². The molecule has 4 heteroatoms. The third kappa shape index (κ3) is 3.37. The molecular weight excluding hydrogens is 474 g/mol. The second-order valence-corrected chi connectivity index (χ2v) is 13.0. The molecule has 5 unspecified atom stereocenters. The topological polar surface area (TPSA) is 31.6 Å². The van der Waals surface area contributed by atoms with Gasteiger partial charge in [0.05, 0.1) is 5.16 Å². The zero-order valence-electron chi connectivity index (χ0n) is 20.8. The van der Waals surface area contributed by atoms with Gasteiger partial charge in [-0.15, -0.1) is 18.5 Å². The molecule has 0 saturated heterocycles. The summed E-state index contributed by atoms with van der Waals surface area (Å²) in [5.74, 6) is 3.42. The highest BCUT2D eigenvalue weighted by atomic mass is 31.0. The third-order valence-corrected chi connectivity index (χ3v) is 11.4. The SMILES string of the molecule is PCC1C2CC3CC(C2)CC1(c1ccc(-c2ccccc2)cc1C(P)(c1ccc[nH]1)c1ccc[nH]1)C3. The first-order chi connectivity index (χ1) is 17.6. The summed E-state index contributed by atoms with van der Waals surface area (Å²) in [5, 5.41) is -0.373. The molecule has 4 aliphatic rings. The minimum absolute atomic E-state index is 0.266. The van der Waals surface area contributed by atoms with Gasteiger partial charge in [-0.05, 0) is 120 Å². The molecule has 184 valence electrons. The van der Waals surface area contributed by atoms with Gasteiger partial charge in [-0.25, -0.2) is 0 Å². The molecule has 0 amide bonds. The molecule has 4 bridgehead atoms. The number of rotatable bonds is 6. The summed E-state index contributed by atoms with van der Waals surface area (Å²) in [6, 6.07) is 27.1. The molecule has 2 aromatic carbocycles. The van der Waals surface area contributed by atoms with E-state index < -0.39 is 0 Å². The lowest BCUT2D eigenvalue weighted by Gasteiger charge is -2.62. The van der Waals surface area contributed by atoms with E-state index in [2.05, 4.69) is 114 Å². The average molecular weight is 511 g/mol. The minimum atomic E-state index is -0.373. The van der Waals surface area contributed by atoms with Crippen molar-refractivity contribution < 1.29 is 0 Å². The standard InChI is InChI=1S/C32H36N2P2/c35-20-28-25-15-21-14-22(16-25)19-31(28,18-21)26-11-10-24(23-6-2-1-3-7-23)17-27(26)32(36,29-8-4-12-33-29)30-9-5-13-34-30/h1-13,17,21-22,25,28,33-34H,14-16,18-20,35-36H2. The second-order valence-electron chi connectivity index (χ2n) is 11.7. The molecule has 4 aliphatic carbocycles. The van der Waals surface area contributed by atoms with Crippen LogP contribution < -0.4 is 0 Å². The lowest BCUT2D eigenvalue weighted by Crippen LogP contribution is -2.56. The molecule has 0 spiro atoms. The normalized spacial score (nSPS) is 29.1. The molecule has 2 heterocycles. The summed E-state index contributed by atoms with van der Waals surface area (Å²) < 4.78 is 0. The van der Waals surface area contributed by atoms with Crippen LogP contribution in [0.4, 0.5) is 0 Å². The lowest BCUT2D eigenvalue weighted by atomic mass is 9.43. The number of H-pyrrole nitrogens is 2. The van der Waals surface area contributed by atoms with E-state index in [1.807, 2.05) is 0 Å². The number of hydrogen-bond donors (Lipinski definition) is 2. The third-order valence-electron chi connectivity index (χ3n) is 9.91. The van der Waals surface area contributed by atoms with E-state index in [1.54, 1.807) is 5.56 Å². The van der Waals surface area contributed by atoms with Crippen molar-refractivity contribution in [1.29, 1.82) is 0 Å². The Balaban J connectivity index is 1.51. The Hall–Kier alpha value is -2.14. The number of aromatic amines is 2. The van der Waals surface area contributed by atoms with Gasteiger partial charge >= 0.3 is 0 Å². The maximum atomic E-state index is 3.61. The van der Waals surface area contributed by atoms with Crippen LogP contribution in [0.25, 0.3) is 11.1 Å². The maximum absolute atomic E-state index is 3.61. The zero-order chi connectivity index (χ0) is 24.3. The van der Waals surface area contributed by atoms with Gasteiger partial charge in [0.15, 0.2) is 0 Å². The van der Waals surface area contributed by atoms with Crippen LogP contribution >= 0.6 is 18.5 Å². The summed E-state index contributed by atoms with van der Waals surface area (Å²) >= 11 is 0. The van der Waals surface area contributed by atoms with Crippen molar-refractivity contribution in [1.82, 2.24) is 9.97 Å². The van der Waals surface area contributed by atoms with Crippen LogP contribution in [-0.4, -0.2) is 16.1 Å². The van der Waals surface area contributed by atoms with Crippen LogP contribution in [0.15, 0.2) is 85.2 Å². The number of aromatic nitrogens is 2. The number of hydrogen-bond acceptors (Lipinski definition) is 0. The van der Waals surface area contributed by atoms with Gasteiger partial charge in [-0.3, -0.25) is 0 Å². The summed E-state index contributed by atoms with van der Waals surface area (Å²) in [7, 11) is 6.44. The van der Waals surface area contributed by atoms with Crippen molar-refractivity contribution in [3.8, 4) is 11.1 Å². The lowest BCUT2D eigenvalue weighted by molar-refractivity contribution is -0.0522. The van der Waals surface area contributed by atoms with Gasteiger partial charge in [0, 0.05) is 23.8 Å². The first-order valence-electron chi connectivity index (χ1n) is 13.6. The number of nitrogens with one attached hydrogen (secondary N) is 2. The Labute approximate surface area is 219 Å². The summed E-state index contributed by atoms with van der Waals surface area (Å²) in [6.07, 6.45) is 12.4. The Bertz CT molecular complexity index is 1290. The molecule has 2 nitrogen and oxygen atoms in total. The molecular formula is C32H36N2P2. The van der Waals surface area contributed by atoms with E-state index in [-0.39, 0.29) is 10.6 Å². The summed E-state index contributed by atoms with van der Waals surface area (Å²) in [5.41, 5.74) is 8.30. The molecule has 5 atom stereocenters. The van der Waals surface area contributed by atoms with Crippen LogP contribution in [0.5, 0.6) is 0 Å². The van der Waals surface area contributed by atoms with Crippen LogP contribution in [0.1, 0.15) is 54.6 Å². The second kappa shape index (κ2) is 8.72. The highest BCUT2D eigenvalue weighted by molar-refractivity contribution is 7.19. The highest BCUT2D eigenvalue weighted by Gasteiger charge is 2.58. The van der Waals surface area contributed by atoms with E-state index in [0.717, 1.165) is 23.7 Å². The number of benzene rings is 2. The Morgan fingerprint density at radius 2 is 1.44 bits per heavy atom. The Morgan fingerprint density at radius 3 is 2.03 bits per heavy atom. The minimum Gasteiger partial charge on any atom is -0.364 e. The maximum Gasteiger partial charge on any atom is 0.0892 e. The van der Waals surface area contributed by atoms with Gasteiger partial charge in [-0.2, -0.15) is 0 Å². The van der Waals surface area contributed by atoms with Crippen molar-refractivity contribution in [2.45, 2.75) is 42.7 Å². The van der Waals surface area contributed by atoms with Gasteiger partial charge in [0.2, 0.25) is 0 Å². The first-order valence-corrected chi connectivity index (χ1v) is 15.0. The molecule has 2 N–H and O–H groups in total. The van der Waals surface area contributed by atoms with Gasteiger partial charge in [0.1, 0.15) is 0 Å². The van der Waals surface area contributed by atoms with E-state index in [1.165, 1.54) is 66.3 Å². The van der Waals surface area contributed by atoms with Crippen molar-refractivity contribution in [2.24, 2.45) is 23.7 Å². The largest absolute Gasteiger partial charge is 0.364 e. The molecule has 4 fully saturated rings. The van der Waals surface area contributed by atoms with Gasteiger partial charge in [-0.1, -0.05) is 42.5 Å². The molecule has 8 rings (SSSR count). The fraction of sp³-hybridized carbons (Fsp3) is 0.375. The Kier molecular flexibility index (Phi) is 5.57. The fourth-order valence-corrected chi connectivity index (χ4v) is 10.1. The predicted molar refractivity (Wildman–Crippen MR) is 156 cm³/mol. The van der Waals surface area contributed by atoms with Crippen molar-refractivity contribution in [3.63, 3.8) is 0 Å². The van der Waals surface area contributed by atoms with Crippen LogP contribution in [0, 0.1) is 23.7 Å². The van der Waals surface area contributed by atoms with Crippen molar-refractivity contribution in [3.05, 3.63) is 108 Å². The fourth-order valence-electron chi connectivity index (χ4n) is 8.68.